The molecule has 1 rings (SSSR count). The molecule has 0 bridgehead atoms. The van der Waals surface area contributed by atoms with E-state index in [0.717, 1.165) is 19.4 Å². The monoisotopic (exact) mass is 181 g/mol. The summed E-state index contributed by atoms with van der Waals surface area (Å²) in [6.45, 7) is 4.94. The van der Waals surface area contributed by atoms with Crippen molar-refractivity contribution in [1.29, 1.82) is 5.26 Å². The average molecular weight is 181 g/mol. The maximum atomic E-state index is 11.4. The molecule has 1 saturated heterocycles. The van der Waals surface area contributed by atoms with E-state index in [4.69, 9.17) is 5.26 Å². The van der Waals surface area contributed by atoms with Crippen LogP contribution >= 0.6 is 0 Å². The van der Waals surface area contributed by atoms with Crippen molar-refractivity contribution in [1.82, 2.24) is 10.6 Å². The van der Waals surface area contributed by atoms with Crippen molar-refractivity contribution in [3.63, 3.8) is 0 Å². The highest BCUT2D eigenvalue weighted by atomic mass is 16.2. The number of carbonyl (C=O) groups is 1. The Balaban J connectivity index is 2.66. The van der Waals surface area contributed by atoms with Crippen molar-refractivity contribution in [2.45, 2.75) is 32.7 Å². The van der Waals surface area contributed by atoms with Crippen LogP contribution in [0.3, 0.4) is 0 Å². The maximum absolute atomic E-state index is 11.4. The van der Waals surface area contributed by atoms with Crippen molar-refractivity contribution >= 4 is 5.91 Å². The SMILES string of the molecule is CC1(C)CCCNC1C(=O)NC#N. The second-order valence-corrected chi connectivity index (χ2v) is 4.08. The number of carbonyl (C=O) groups excluding carboxylic acids is 1. The van der Waals surface area contributed by atoms with E-state index in [2.05, 4.69) is 10.6 Å². The number of nitriles is 1. The summed E-state index contributed by atoms with van der Waals surface area (Å²) in [4.78, 5) is 11.4. The number of nitrogens with one attached hydrogen (secondary N) is 2. The van der Waals surface area contributed by atoms with Gasteiger partial charge < -0.3 is 5.32 Å². The quantitative estimate of drug-likeness (QED) is 0.453. The fourth-order valence-electron chi connectivity index (χ4n) is 1.79. The summed E-state index contributed by atoms with van der Waals surface area (Å²) in [5.74, 6) is -0.216. The summed E-state index contributed by atoms with van der Waals surface area (Å²) in [6.07, 6.45) is 3.77. The van der Waals surface area contributed by atoms with Gasteiger partial charge in [0, 0.05) is 0 Å². The molecule has 0 radical (unpaired) electrons. The number of hydrogen-bond acceptors (Lipinski definition) is 3. The number of hydrogen-bond donors (Lipinski definition) is 2. The summed E-state index contributed by atoms with van der Waals surface area (Å²) in [5.41, 5.74) is -0.0564. The Morgan fingerprint density at radius 1 is 1.69 bits per heavy atom. The largest absolute Gasteiger partial charge is 0.305 e. The lowest BCUT2D eigenvalue weighted by molar-refractivity contribution is -0.125. The molecule has 2 N–H and O–H groups in total. The summed E-state index contributed by atoms with van der Waals surface area (Å²) in [6, 6.07) is -0.235. The van der Waals surface area contributed by atoms with Gasteiger partial charge in [0.25, 0.3) is 5.91 Å². The van der Waals surface area contributed by atoms with E-state index in [1.54, 1.807) is 6.19 Å². The Morgan fingerprint density at radius 3 is 2.92 bits per heavy atom. The highest BCUT2D eigenvalue weighted by Crippen LogP contribution is 2.29. The van der Waals surface area contributed by atoms with Gasteiger partial charge in [-0.1, -0.05) is 13.8 Å². The van der Waals surface area contributed by atoms with E-state index in [0.29, 0.717) is 0 Å². The smallest absolute Gasteiger partial charge is 0.250 e. The van der Waals surface area contributed by atoms with Gasteiger partial charge in [-0.25, -0.2) is 0 Å². The van der Waals surface area contributed by atoms with Crippen LogP contribution in [0.5, 0.6) is 0 Å². The highest BCUT2D eigenvalue weighted by molar-refractivity contribution is 5.83. The fraction of sp³-hybridized carbons (Fsp3) is 0.778. The molecule has 1 heterocycles. The molecule has 72 valence electrons. The number of nitrogens with zero attached hydrogens (tertiary/aromatic N) is 1. The lowest BCUT2D eigenvalue weighted by atomic mass is 9.77. The third-order valence-corrected chi connectivity index (χ3v) is 2.57. The zero-order valence-corrected chi connectivity index (χ0v) is 8.05. The van der Waals surface area contributed by atoms with Gasteiger partial charge in [0.2, 0.25) is 0 Å². The van der Waals surface area contributed by atoms with Gasteiger partial charge in [0.15, 0.2) is 6.19 Å². The van der Waals surface area contributed by atoms with Crippen LogP contribution in [0.2, 0.25) is 0 Å². The molecule has 4 nitrogen and oxygen atoms in total. The third kappa shape index (κ3) is 2.19. The van der Waals surface area contributed by atoms with Gasteiger partial charge in [0.05, 0.1) is 6.04 Å². The van der Waals surface area contributed by atoms with Crippen molar-refractivity contribution in [3.8, 4) is 6.19 Å². The normalized spacial score (nSPS) is 26.1. The van der Waals surface area contributed by atoms with Crippen LogP contribution in [0.25, 0.3) is 0 Å². The molecule has 4 heteroatoms. The Kier molecular flexibility index (Phi) is 2.89. The zero-order chi connectivity index (χ0) is 9.90. The second kappa shape index (κ2) is 3.75. The van der Waals surface area contributed by atoms with Gasteiger partial charge in [-0.2, -0.15) is 5.26 Å². The molecule has 0 aromatic carbocycles. The first-order valence-corrected chi connectivity index (χ1v) is 4.50. The first kappa shape index (κ1) is 10.0. The molecular formula is C9H15N3O. The zero-order valence-electron chi connectivity index (χ0n) is 8.05. The molecule has 0 aromatic rings. The van der Waals surface area contributed by atoms with Gasteiger partial charge in [-0.05, 0) is 24.8 Å². The van der Waals surface area contributed by atoms with Crippen LogP contribution in [0.15, 0.2) is 0 Å². The van der Waals surface area contributed by atoms with E-state index >= 15 is 0 Å². The molecule has 1 amide bonds. The first-order valence-electron chi connectivity index (χ1n) is 4.50. The predicted molar refractivity (Wildman–Crippen MR) is 48.6 cm³/mol. The average Bonchev–Trinajstić information content (AvgIpc) is 2.03. The molecule has 0 aromatic heterocycles. The molecule has 1 aliphatic rings. The summed E-state index contributed by atoms with van der Waals surface area (Å²) >= 11 is 0. The van der Waals surface area contributed by atoms with Crippen molar-refractivity contribution < 1.29 is 4.79 Å². The summed E-state index contributed by atoms with van der Waals surface area (Å²) in [7, 11) is 0. The van der Waals surface area contributed by atoms with E-state index in [9.17, 15) is 4.79 Å². The Labute approximate surface area is 78.3 Å². The van der Waals surface area contributed by atoms with E-state index in [-0.39, 0.29) is 17.4 Å². The van der Waals surface area contributed by atoms with Gasteiger partial charge in [0.1, 0.15) is 0 Å². The molecule has 1 atom stereocenters. The lowest BCUT2D eigenvalue weighted by Crippen LogP contribution is -2.54. The maximum Gasteiger partial charge on any atom is 0.250 e. The minimum Gasteiger partial charge on any atom is -0.305 e. The molecular weight excluding hydrogens is 166 g/mol. The fourth-order valence-corrected chi connectivity index (χ4v) is 1.79. The molecule has 1 unspecified atom stereocenters. The molecule has 0 spiro atoms. The predicted octanol–water partition coefficient (Wildman–Crippen LogP) is 0.362. The van der Waals surface area contributed by atoms with Crippen molar-refractivity contribution in [2.24, 2.45) is 5.41 Å². The number of piperidine rings is 1. The molecule has 0 aliphatic carbocycles. The Morgan fingerprint density at radius 2 is 2.38 bits per heavy atom. The van der Waals surface area contributed by atoms with Crippen LogP contribution in [-0.4, -0.2) is 18.5 Å². The van der Waals surface area contributed by atoms with Crippen LogP contribution < -0.4 is 10.6 Å². The lowest BCUT2D eigenvalue weighted by Gasteiger charge is -2.37. The summed E-state index contributed by atoms with van der Waals surface area (Å²) < 4.78 is 0. The Hall–Kier alpha value is -1.08. The van der Waals surface area contributed by atoms with E-state index < -0.39 is 0 Å². The number of amides is 1. The third-order valence-electron chi connectivity index (χ3n) is 2.57. The van der Waals surface area contributed by atoms with Crippen LogP contribution in [-0.2, 0) is 4.79 Å². The minimum atomic E-state index is -0.235. The van der Waals surface area contributed by atoms with E-state index in [1.807, 2.05) is 13.8 Å². The highest BCUT2D eigenvalue weighted by Gasteiger charge is 2.36. The van der Waals surface area contributed by atoms with Crippen LogP contribution in [0.4, 0.5) is 0 Å². The first-order chi connectivity index (χ1) is 6.08. The van der Waals surface area contributed by atoms with Gasteiger partial charge in [-0.15, -0.1) is 0 Å². The standard InChI is InChI=1S/C9H15N3O/c1-9(2)4-3-5-11-7(9)8(13)12-6-10/h7,11H,3-5H2,1-2H3,(H,12,13). The molecule has 13 heavy (non-hydrogen) atoms. The topological polar surface area (TPSA) is 64.9 Å². The van der Waals surface area contributed by atoms with E-state index in [1.165, 1.54) is 0 Å². The summed E-state index contributed by atoms with van der Waals surface area (Å²) in [5, 5.41) is 13.6. The minimum absolute atomic E-state index is 0.0564. The Bertz CT molecular complexity index is 242. The van der Waals surface area contributed by atoms with Crippen LogP contribution in [0.1, 0.15) is 26.7 Å². The van der Waals surface area contributed by atoms with Crippen molar-refractivity contribution in [2.75, 3.05) is 6.54 Å². The van der Waals surface area contributed by atoms with Crippen molar-refractivity contribution in [3.05, 3.63) is 0 Å². The molecule has 1 fully saturated rings. The molecule has 0 saturated carbocycles. The molecule has 1 aliphatic heterocycles. The van der Waals surface area contributed by atoms with Gasteiger partial charge in [-0.3, -0.25) is 10.1 Å². The van der Waals surface area contributed by atoms with Gasteiger partial charge >= 0.3 is 0 Å². The number of rotatable bonds is 1. The van der Waals surface area contributed by atoms with Crippen LogP contribution in [0, 0.1) is 16.9 Å². The second-order valence-electron chi connectivity index (χ2n) is 4.08.